The van der Waals surface area contributed by atoms with E-state index in [4.69, 9.17) is 5.26 Å². The summed E-state index contributed by atoms with van der Waals surface area (Å²) >= 11 is 0. The number of hydrogen-bond acceptors (Lipinski definition) is 3. The highest BCUT2D eigenvalue weighted by Crippen LogP contribution is 2.36. The summed E-state index contributed by atoms with van der Waals surface area (Å²) in [5.41, 5.74) is 0.207. The second-order valence-electron chi connectivity index (χ2n) is 4.48. The lowest BCUT2D eigenvalue weighted by Gasteiger charge is -2.27. The molecule has 1 rings (SSSR count). The fraction of sp³-hybridized carbons (Fsp3) is 0.462. The zero-order valence-corrected chi connectivity index (χ0v) is 9.81. The molecule has 0 bridgehead atoms. The van der Waals surface area contributed by atoms with Gasteiger partial charge in [0.25, 0.3) is 0 Å². The van der Waals surface area contributed by atoms with Gasteiger partial charge in [-0.25, -0.2) is 0 Å². The van der Waals surface area contributed by atoms with Gasteiger partial charge in [0.1, 0.15) is 0 Å². The van der Waals surface area contributed by atoms with E-state index in [1.165, 1.54) is 0 Å². The van der Waals surface area contributed by atoms with E-state index in [9.17, 15) is 5.26 Å². The zero-order valence-electron chi connectivity index (χ0n) is 9.81. The minimum Gasteiger partial charge on any atom is -0.260 e. The van der Waals surface area contributed by atoms with Crippen LogP contribution in [0.15, 0.2) is 24.4 Å². The molecule has 1 aromatic heterocycles. The van der Waals surface area contributed by atoms with E-state index in [0.29, 0.717) is 0 Å². The SMILES string of the molecule is CC(C(C#N)c1ccccn1)C(C)(C)C#N. The molecular weight excluding hydrogens is 198 g/mol. The maximum absolute atomic E-state index is 9.21. The molecular formula is C13H15N3. The van der Waals surface area contributed by atoms with Gasteiger partial charge >= 0.3 is 0 Å². The quantitative estimate of drug-likeness (QED) is 0.775. The van der Waals surface area contributed by atoms with Crippen molar-refractivity contribution < 1.29 is 0 Å². The number of aromatic nitrogens is 1. The van der Waals surface area contributed by atoms with Gasteiger partial charge in [-0.1, -0.05) is 13.0 Å². The van der Waals surface area contributed by atoms with E-state index in [1.807, 2.05) is 39.0 Å². The van der Waals surface area contributed by atoms with E-state index in [2.05, 4.69) is 17.1 Å². The second kappa shape index (κ2) is 4.77. The molecule has 3 nitrogen and oxygen atoms in total. The second-order valence-corrected chi connectivity index (χ2v) is 4.48. The van der Waals surface area contributed by atoms with Crippen LogP contribution in [0.1, 0.15) is 32.4 Å². The molecule has 3 heteroatoms. The number of nitrogens with zero attached hydrogens (tertiary/aromatic N) is 3. The smallest absolute Gasteiger partial charge is 0.0925 e. The van der Waals surface area contributed by atoms with E-state index in [-0.39, 0.29) is 11.8 Å². The number of nitriles is 2. The zero-order chi connectivity index (χ0) is 12.2. The normalized spacial score (nSPS) is 14.6. The van der Waals surface area contributed by atoms with E-state index in [0.717, 1.165) is 5.69 Å². The van der Waals surface area contributed by atoms with Crippen LogP contribution < -0.4 is 0 Å². The Hall–Kier alpha value is -1.87. The van der Waals surface area contributed by atoms with Gasteiger partial charge in [0.15, 0.2) is 0 Å². The Morgan fingerprint density at radius 3 is 2.44 bits per heavy atom. The minimum absolute atomic E-state index is 0.0580. The van der Waals surface area contributed by atoms with Crippen molar-refractivity contribution in [1.29, 1.82) is 10.5 Å². The van der Waals surface area contributed by atoms with Gasteiger partial charge < -0.3 is 0 Å². The molecule has 0 aromatic carbocycles. The van der Waals surface area contributed by atoms with Crippen molar-refractivity contribution in [3.05, 3.63) is 30.1 Å². The number of pyridine rings is 1. The highest BCUT2D eigenvalue weighted by molar-refractivity contribution is 5.20. The first-order valence-electron chi connectivity index (χ1n) is 5.24. The third-order valence-electron chi connectivity index (χ3n) is 3.07. The number of hydrogen-bond donors (Lipinski definition) is 0. The molecule has 0 fully saturated rings. The van der Waals surface area contributed by atoms with Crippen molar-refractivity contribution in [2.75, 3.05) is 0 Å². The van der Waals surface area contributed by atoms with E-state index < -0.39 is 5.41 Å². The maximum Gasteiger partial charge on any atom is 0.0925 e. The molecule has 2 unspecified atom stereocenters. The Labute approximate surface area is 96.4 Å². The van der Waals surface area contributed by atoms with E-state index in [1.54, 1.807) is 6.20 Å². The first-order chi connectivity index (χ1) is 7.53. The molecule has 0 aliphatic rings. The van der Waals surface area contributed by atoms with Gasteiger partial charge in [-0.2, -0.15) is 10.5 Å². The minimum atomic E-state index is -0.530. The molecule has 16 heavy (non-hydrogen) atoms. The van der Waals surface area contributed by atoms with E-state index >= 15 is 0 Å². The summed E-state index contributed by atoms with van der Waals surface area (Å²) in [7, 11) is 0. The van der Waals surface area contributed by atoms with Gasteiger partial charge in [-0.15, -0.1) is 0 Å². The highest BCUT2D eigenvalue weighted by Gasteiger charge is 2.33. The Bertz CT molecular complexity index is 423. The van der Waals surface area contributed by atoms with Crippen LogP contribution in [0.4, 0.5) is 0 Å². The van der Waals surface area contributed by atoms with Crippen molar-refractivity contribution in [3.63, 3.8) is 0 Å². The summed E-state index contributed by atoms with van der Waals surface area (Å²) in [5, 5.41) is 18.3. The summed E-state index contributed by atoms with van der Waals surface area (Å²) in [5.74, 6) is -0.395. The summed E-state index contributed by atoms with van der Waals surface area (Å²) in [6.45, 7) is 5.63. The molecule has 0 amide bonds. The van der Waals surface area contributed by atoms with Crippen LogP contribution in [-0.2, 0) is 0 Å². The third-order valence-corrected chi connectivity index (χ3v) is 3.07. The van der Waals surface area contributed by atoms with Crippen LogP contribution in [0.3, 0.4) is 0 Å². The Balaban J connectivity index is 3.03. The average molecular weight is 213 g/mol. The van der Waals surface area contributed by atoms with Crippen LogP contribution in [0.2, 0.25) is 0 Å². The Kier molecular flexibility index (Phi) is 3.64. The molecule has 0 aliphatic carbocycles. The lowest BCUT2D eigenvalue weighted by molar-refractivity contribution is 0.293. The molecule has 0 spiro atoms. The largest absolute Gasteiger partial charge is 0.260 e. The van der Waals surface area contributed by atoms with Crippen molar-refractivity contribution in [2.24, 2.45) is 11.3 Å². The molecule has 0 radical (unpaired) electrons. The van der Waals surface area contributed by atoms with Gasteiger partial charge in [-0.3, -0.25) is 4.98 Å². The van der Waals surface area contributed by atoms with Crippen LogP contribution in [0.5, 0.6) is 0 Å². The highest BCUT2D eigenvalue weighted by atomic mass is 14.7. The fourth-order valence-corrected chi connectivity index (χ4v) is 1.51. The molecule has 0 saturated heterocycles. The monoisotopic (exact) mass is 213 g/mol. The van der Waals surface area contributed by atoms with Gasteiger partial charge in [0, 0.05) is 6.20 Å². The topological polar surface area (TPSA) is 60.5 Å². The summed E-state index contributed by atoms with van der Waals surface area (Å²) in [4.78, 5) is 4.19. The first-order valence-corrected chi connectivity index (χ1v) is 5.24. The molecule has 0 saturated carbocycles. The Morgan fingerprint density at radius 1 is 1.31 bits per heavy atom. The molecule has 1 aromatic rings. The van der Waals surface area contributed by atoms with Crippen molar-refractivity contribution in [2.45, 2.75) is 26.7 Å². The molecule has 1 heterocycles. The van der Waals surface area contributed by atoms with Crippen molar-refractivity contribution in [1.82, 2.24) is 4.98 Å². The van der Waals surface area contributed by atoms with Crippen molar-refractivity contribution >= 4 is 0 Å². The van der Waals surface area contributed by atoms with Gasteiger partial charge in [0.2, 0.25) is 0 Å². The van der Waals surface area contributed by atoms with Crippen LogP contribution in [-0.4, -0.2) is 4.98 Å². The van der Waals surface area contributed by atoms with Gasteiger partial charge in [-0.05, 0) is 31.9 Å². The fourth-order valence-electron chi connectivity index (χ4n) is 1.51. The summed E-state index contributed by atoms with van der Waals surface area (Å²) in [6.07, 6.45) is 1.67. The maximum atomic E-state index is 9.21. The molecule has 0 N–H and O–H groups in total. The number of rotatable bonds is 3. The predicted octanol–water partition coefficient (Wildman–Crippen LogP) is 2.87. The average Bonchev–Trinajstić information content (AvgIpc) is 2.31. The predicted molar refractivity (Wildman–Crippen MR) is 61.1 cm³/mol. The summed E-state index contributed by atoms with van der Waals surface area (Å²) in [6, 6.07) is 10.0. The third kappa shape index (κ3) is 2.38. The van der Waals surface area contributed by atoms with Crippen LogP contribution >= 0.6 is 0 Å². The van der Waals surface area contributed by atoms with Crippen LogP contribution in [0.25, 0.3) is 0 Å². The van der Waals surface area contributed by atoms with Gasteiger partial charge in [0.05, 0.1) is 29.2 Å². The Morgan fingerprint density at radius 2 is 2.00 bits per heavy atom. The van der Waals surface area contributed by atoms with Crippen LogP contribution in [0, 0.1) is 34.0 Å². The standard InChI is InChI=1S/C13H15N3/c1-10(13(2,3)9-15)11(8-14)12-6-4-5-7-16-12/h4-7,10-11H,1-3H3. The first kappa shape index (κ1) is 12.2. The molecule has 82 valence electrons. The summed E-state index contributed by atoms with van der Waals surface area (Å²) < 4.78 is 0. The lowest BCUT2D eigenvalue weighted by atomic mass is 9.73. The van der Waals surface area contributed by atoms with Crippen molar-refractivity contribution in [3.8, 4) is 12.1 Å². The molecule has 0 aliphatic heterocycles. The molecule has 2 atom stereocenters. The lowest BCUT2D eigenvalue weighted by Crippen LogP contribution is -2.25.